The van der Waals surface area contributed by atoms with Crippen LogP contribution in [0, 0.1) is 19.8 Å². The van der Waals surface area contributed by atoms with Crippen LogP contribution in [0.4, 0.5) is 0 Å². The van der Waals surface area contributed by atoms with Crippen molar-refractivity contribution in [3.63, 3.8) is 0 Å². The molecular formula is C14H21N3O3. The molecule has 1 amide bonds. The van der Waals surface area contributed by atoms with Gasteiger partial charge >= 0.3 is 5.97 Å². The number of carboxylic acids is 1. The van der Waals surface area contributed by atoms with Crippen LogP contribution in [0.1, 0.15) is 29.8 Å². The van der Waals surface area contributed by atoms with Crippen LogP contribution in [0.3, 0.4) is 0 Å². The summed E-state index contributed by atoms with van der Waals surface area (Å²) in [6.07, 6.45) is 1.72. The minimum Gasteiger partial charge on any atom is -0.481 e. The third-order valence-electron chi connectivity index (χ3n) is 4.11. The second kappa shape index (κ2) is 5.64. The molecule has 1 N–H and O–H groups in total. The molecule has 0 unspecified atom stereocenters. The van der Waals surface area contributed by atoms with Gasteiger partial charge in [0, 0.05) is 31.4 Å². The van der Waals surface area contributed by atoms with Gasteiger partial charge in [0.15, 0.2) is 0 Å². The second-order valence-corrected chi connectivity index (χ2v) is 5.47. The molecule has 1 saturated heterocycles. The zero-order chi connectivity index (χ0) is 14.9. The van der Waals surface area contributed by atoms with Crippen molar-refractivity contribution in [1.82, 2.24) is 14.7 Å². The van der Waals surface area contributed by atoms with Gasteiger partial charge in [-0.15, -0.1) is 0 Å². The number of carbonyl (C=O) groups is 2. The quantitative estimate of drug-likeness (QED) is 0.892. The van der Waals surface area contributed by atoms with Gasteiger partial charge in [-0.25, -0.2) is 0 Å². The Morgan fingerprint density at radius 1 is 1.40 bits per heavy atom. The van der Waals surface area contributed by atoms with E-state index >= 15 is 0 Å². The summed E-state index contributed by atoms with van der Waals surface area (Å²) in [4.78, 5) is 25.1. The molecule has 0 saturated carbocycles. The van der Waals surface area contributed by atoms with Crippen molar-refractivity contribution in [2.45, 2.75) is 33.1 Å². The summed E-state index contributed by atoms with van der Waals surface area (Å²) < 4.78 is 1.77. The average Bonchev–Trinajstić information content (AvgIpc) is 2.65. The number of hydrogen-bond acceptors (Lipinski definition) is 3. The van der Waals surface area contributed by atoms with Crippen molar-refractivity contribution in [1.29, 1.82) is 0 Å². The van der Waals surface area contributed by atoms with Gasteiger partial charge in [0.05, 0.1) is 18.0 Å². The highest BCUT2D eigenvalue weighted by molar-refractivity contribution is 5.80. The Morgan fingerprint density at radius 2 is 2.10 bits per heavy atom. The van der Waals surface area contributed by atoms with E-state index in [1.54, 1.807) is 9.58 Å². The van der Waals surface area contributed by atoms with E-state index < -0.39 is 11.9 Å². The first-order valence-electron chi connectivity index (χ1n) is 6.89. The summed E-state index contributed by atoms with van der Waals surface area (Å²) in [6, 6.07) is 0. The molecule has 1 aromatic heterocycles. The maximum absolute atomic E-state index is 12.3. The average molecular weight is 279 g/mol. The maximum atomic E-state index is 12.3. The van der Waals surface area contributed by atoms with Gasteiger partial charge < -0.3 is 10.0 Å². The Labute approximate surface area is 118 Å². The van der Waals surface area contributed by atoms with E-state index in [0.717, 1.165) is 23.4 Å². The molecule has 110 valence electrons. The molecule has 20 heavy (non-hydrogen) atoms. The fourth-order valence-corrected chi connectivity index (χ4v) is 2.74. The Hall–Kier alpha value is -1.85. The van der Waals surface area contributed by atoms with Gasteiger partial charge in [-0.05, 0) is 26.7 Å². The fraction of sp³-hybridized carbons (Fsp3) is 0.643. The standard InChI is InChI=1S/C14H21N3O3/c1-9-12(10(2)16(3)15-9)7-13(18)17-6-4-5-11(8-17)14(19)20/h11H,4-8H2,1-3H3,(H,19,20)/t11-/m1/s1. The molecule has 2 heterocycles. The van der Waals surface area contributed by atoms with Crippen molar-refractivity contribution in [2.75, 3.05) is 13.1 Å². The van der Waals surface area contributed by atoms with Crippen molar-refractivity contribution < 1.29 is 14.7 Å². The van der Waals surface area contributed by atoms with E-state index in [0.29, 0.717) is 25.9 Å². The van der Waals surface area contributed by atoms with Crippen LogP contribution in [0.5, 0.6) is 0 Å². The molecule has 0 spiro atoms. The number of aliphatic carboxylic acids is 1. The lowest BCUT2D eigenvalue weighted by molar-refractivity contribution is -0.145. The fourth-order valence-electron chi connectivity index (χ4n) is 2.74. The van der Waals surface area contributed by atoms with Gasteiger partial charge in [-0.2, -0.15) is 5.10 Å². The number of likely N-dealkylation sites (tertiary alicyclic amines) is 1. The SMILES string of the molecule is Cc1nn(C)c(C)c1CC(=O)N1CCC[C@@H](C(=O)O)C1. The Morgan fingerprint density at radius 3 is 2.65 bits per heavy atom. The Kier molecular flexibility index (Phi) is 4.11. The van der Waals surface area contributed by atoms with E-state index in [2.05, 4.69) is 5.10 Å². The van der Waals surface area contributed by atoms with Crippen LogP contribution < -0.4 is 0 Å². The normalized spacial score (nSPS) is 19.1. The molecule has 0 aliphatic carbocycles. The van der Waals surface area contributed by atoms with Gasteiger partial charge in [0.25, 0.3) is 0 Å². The highest BCUT2D eigenvalue weighted by Gasteiger charge is 2.28. The van der Waals surface area contributed by atoms with Crippen molar-refractivity contribution in [2.24, 2.45) is 13.0 Å². The lowest BCUT2D eigenvalue weighted by atomic mass is 9.97. The Bertz CT molecular complexity index is 536. The number of amides is 1. The summed E-state index contributed by atoms with van der Waals surface area (Å²) in [7, 11) is 1.86. The lowest BCUT2D eigenvalue weighted by Crippen LogP contribution is -2.43. The zero-order valence-electron chi connectivity index (χ0n) is 12.2. The predicted octanol–water partition coefficient (Wildman–Crippen LogP) is 0.903. The van der Waals surface area contributed by atoms with Gasteiger partial charge in [-0.1, -0.05) is 0 Å². The molecule has 2 rings (SSSR count). The molecule has 1 aromatic rings. The molecule has 0 aromatic carbocycles. The van der Waals surface area contributed by atoms with Crippen LogP contribution in [-0.4, -0.2) is 44.8 Å². The van der Waals surface area contributed by atoms with Gasteiger partial charge in [-0.3, -0.25) is 14.3 Å². The van der Waals surface area contributed by atoms with Crippen molar-refractivity contribution >= 4 is 11.9 Å². The van der Waals surface area contributed by atoms with E-state index in [1.807, 2.05) is 20.9 Å². The molecule has 1 fully saturated rings. The second-order valence-electron chi connectivity index (χ2n) is 5.47. The molecule has 1 atom stereocenters. The van der Waals surface area contributed by atoms with Crippen LogP contribution in [-0.2, 0) is 23.1 Å². The zero-order valence-corrected chi connectivity index (χ0v) is 12.2. The summed E-state index contributed by atoms with van der Waals surface area (Å²) in [6.45, 7) is 4.82. The van der Waals surface area contributed by atoms with E-state index in [4.69, 9.17) is 5.11 Å². The number of hydrogen-bond donors (Lipinski definition) is 1. The molecule has 6 heteroatoms. The van der Waals surface area contributed by atoms with Crippen molar-refractivity contribution in [3.8, 4) is 0 Å². The van der Waals surface area contributed by atoms with Gasteiger partial charge in [0.1, 0.15) is 0 Å². The van der Waals surface area contributed by atoms with Gasteiger partial charge in [0.2, 0.25) is 5.91 Å². The number of piperidine rings is 1. The van der Waals surface area contributed by atoms with Crippen molar-refractivity contribution in [3.05, 3.63) is 17.0 Å². The van der Waals surface area contributed by atoms with E-state index in [1.165, 1.54) is 0 Å². The molecule has 6 nitrogen and oxygen atoms in total. The summed E-state index contributed by atoms with van der Waals surface area (Å²) in [5.74, 6) is -1.24. The third-order valence-corrected chi connectivity index (χ3v) is 4.11. The predicted molar refractivity (Wildman–Crippen MR) is 73.3 cm³/mol. The summed E-state index contributed by atoms with van der Waals surface area (Å²) >= 11 is 0. The largest absolute Gasteiger partial charge is 0.481 e. The maximum Gasteiger partial charge on any atom is 0.308 e. The number of carbonyl (C=O) groups excluding carboxylic acids is 1. The summed E-state index contributed by atoms with van der Waals surface area (Å²) in [5, 5.41) is 13.4. The topological polar surface area (TPSA) is 75.4 Å². The number of aromatic nitrogens is 2. The van der Waals surface area contributed by atoms with Crippen LogP contribution in [0.15, 0.2) is 0 Å². The first-order chi connectivity index (χ1) is 9.40. The van der Waals surface area contributed by atoms with Crippen LogP contribution in [0.25, 0.3) is 0 Å². The number of aryl methyl sites for hydroxylation is 2. The first kappa shape index (κ1) is 14.6. The Balaban J connectivity index is 2.06. The minimum atomic E-state index is -0.809. The number of rotatable bonds is 3. The number of carboxylic acid groups (broad SMARTS) is 1. The van der Waals surface area contributed by atoms with Crippen LogP contribution >= 0.6 is 0 Å². The minimum absolute atomic E-state index is 0.00449. The monoisotopic (exact) mass is 279 g/mol. The summed E-state index contributed by atoms with van der Waals surface area (Å²) in [5.41, 5.74) is 2.81. The molecule has 1 aliphatic rings. The lowest BCUT2D eigenvalue weighted by Gasteiger charge is -2.30. The third kappa shape index (κ3) is 2.84. The van der Waals surface area contributed by atoms with E-state index in [-0.39, 0.29) is 5.91 Å². The molecular weight excluding hydrogens is 258 g/mol. The highest BCUT2D eigenvalue weighted by atomic mass is 16.4. The molecule has 1 aliphatic heterocycles. The molecule has 0 bridgehead atoms. The number of nitrogens with zero attached hydrogens (tertiary/aromatic N) is 3. The smallest absolute Gasteiger partial charge is 0.308 e. The van der Waals surface area contributed by atoms with Crippen LogP contribution in [0.2, 0.25) is 0 Å². The highest BCUT2D eigenvalue weighted by Crippen LogP contribution is 2.19. The first-order valence-corrected chi connectivity index (χ1v) is 6.89. The van der Waals surface area contributed by atoms with E-state index in [9.17, 15) is 9.59 Å². The molecule has 0 radical (unpaired) electrons.